The fraction of sp³-hybridized carbons (Fsp3) is 0.611. The molecular formula is C18H30FIN4O. The van der Waals surface area contributed by atoms with Crippen molar-refractivity contribution in [3.8, 4) is 0 Å². The van der Waals surface area contributed by atoms with Gasteiger partial charge in [0.25, 0.3) is 0 Å². The molecule has 1 aromatic carbocycles. The van der Waals surface area contributed by atoms with Crippen molar-refractivity contribution in [3.63, 3.8) is 0 Å². The Kier molecular flexibility index (Phi) is 9.48. The molecule has 1 aliphatic heterocycles. The molecule has 0 amide bonds. The van der Waals surface area contributed by atoms with Crippen LogP contribution in [0.2, 0.25) is 0 Å². The molecule has 2 rings (SSSR count). The number of nitrogens with two attached hydrogens (primary N) is 1. The van der Waals surface area contributed by atoms with Crippen LogP contribution in [0.25, 0.3) is 0 Å². The van der Waals surface area contributed by atoms with Gasteiger partial charge in [-0.2, -0.15) is 0 Å². The molecule has 0 radical (unpaired) electrons. The van der Waals surface area contributed by atoms with Crippen LogP contribution in [0.15, 0.2) is 23.2 Å². The summed E-state index contributed by atoms with van der Waals surface area (Å²) >= 11 is 0. The van der Waals surface area contributed by atoms with Gasteiger partial charge in [0, 0.05) is 19.6 Å². The summed E-state index contributed by atoms with van der Waals surface area (Å²) in [5.74, 6) is 0.762. The van der Waals surface area contributed by atoms with E-state index in [-0.39, 0.29) is 35.9 Å². The zero-order valence-electron chi connectivity index (χ0n) is 15.0. The summed E-state index contributed by atoms with van der Waals surface area (Å²) in [6.45, 7) is 6.83. The van der Waals surface area contributed by atoms with Crippen LogP contribution in [-0.4, -0.2) is 36.8 Å². The summed E-state index contributed by atoms with van der Waals surface area (Å²) in [6, 6.07) is 5.19. The maximum absolute atomic E-state index is 14.3. The first-order chi connectivity index (χ1) is 11.5. The van der Waals surface area contributed by atoms with E-state index < -0.39 is 0 Å². The van der Waals surface area contributed by atoms with E-state index in [1.54, 1.807) is 6.07 Å². The van der Waals surface area contributed by atoms with Gasteiger partial charge < -0.3 is 21.1 Å². The normalized spacial score (nSPS) is 16.0. The van der Waals surface area contributed by atoms with Crippen molar-refractivity contribution in [2.24, 2.45) is 16.6 Å². The molecule has 7 heteroatoms. The second-order valence-electron chi connectivity index (χ2n) is 6.81. The van der Waals surface area contributed by atoms with E-state index in [2.05, 4.69) is 24.2 Å². The minimum absolute atomic E-state index is 0. The molecule has 4 N–H and O–H groups in total. The van der Waals surface area contributed by atoms with Crippen LogP contribution in [0.1, 0.15) is 38.7 Å². The van der Waals surface area contributed by atoms with Crippen LogP contribution in [0.5, 0.6) is 0 Å². The molecule has 0 spiro atoms. The van der Waals surface area contributed by atoms with E-state index in [1.165, 1.54) is 6.07 Å². The SMILES string of the molecule is CC(C)CCNC(N)=NCc1ccc(N2CCC(O)CC2)c(F)c1.I. The van der Waals surface area contributed by atoms with E-state index in [4.69, 9.17) is 5.73 Å². The van der Waals surface area contributed by atoms with Crippen LogP contribution in [0, 0.1) is 11.7 Å². The summed E-state index contributed by atoms with van der Waals surface area (Å²) in [4.78, 5) is 6.24. The lowest BCUT2D eigenvalue weighted by molar-refractivity contribution is 0.145. The lowest BCUT2D eigenvalue weighted by atomic mass is 10.1. The highest BCUT2D eigenvalue weighted by Crippen LogP contribution is 2.24. The monoisotopic (exact) mass is 464 g/mol. The lowest BCUT2D eigenvalue weighted by Gasteiger charge is -2.31. The summed E-state index contributed by atoms with van der Waals surface area (Å²) in [7, 11) is 0. The summed E-state index contributed by atoms with van der Waals surface area (Å²) in [5, 5.41) is 12.6. The number of anilines is 1. The number of halogens is 2. The number of benzene rings is 1. The number of nitrogens with one attached hydrogen (secondary N) is 1. The predicted molar refractivity (Wildman–Crippen MR) is 112 cm³/mol. The van der Waals surface area contributed by atoms with Crippen molar-refractivity contribution >= 4 is 35.6 Å². The van der Waals surface area contributed by atoms with Crippen molar-refractivity contribution in [1.29, 1.82) is 0 Å². The van der Waals surface area contributed by atoms with Gasteiger partial charge in [-0.3, -0.25) is 0 Å². The molecule has 1 heterocycles. The molecular weight excluding hydrogens is 434 g/mol. The first-order valence-electron chi connectivity index (χ1n) is 8.71. The lowest BCUT2D eigenvalue weighted by Crippen LogP contribution is -2.36. The van der Waals surface area contributed by atoms with Gasteiger partial charge in [0.1, 0.15) is 5.82 Å². The fourth-order valence-corrected chi connectivity index (χ4v) is 2.73. The van der Waals surface area contributed by atoms with Crippen LogP contribution < -0.4 is 16.0 Å². The average Bonchev–Trinajstić information content (AvgIpc) is 2.54. The number of hydrogen-bond acceptors (Lipinski definition) is 3. The topological polar surface area (TPSA) is 73.9 Å². The van der Waals surface area contributed by atoms with Gasteiger partial charge in [-0.05, 0) is 42.9 Å². The number of aliphatic hydroxyl groups is 1. The van der Waals surface area contributed by atoms with E-state index >= 15 is 0 Å². The van der Waals surface area contributed by atoms with Crippen molar-refractivity contribution in [1.82, 2.24) is 5.32 Å². The third-order valence-corrected chi connectivity index (χ3v) is 4.28. The Labute approximate surface area is 166 Å². The maximum Gasteiger partial charge on any atom is 0.188 e. The van der Waals surface area contributed by atoms with Gasteiger partial charge in [0.2, 0.25) is 0 Å². The quantitative estimate of drug-likeness (QED) is 0.344. The first-order valence-corrected chi connectivity index (χ1v) is 8.71. The van der Waals surface area contributed by atoms with Crippen molar-refractivity contribution in [2.45, 2.75) is 45.8 Å². The van der Waals surface area contributed by atoms with Gasteiger partial charge in [-0.25, -0.2) is 9.38 Å². The third kappa shape index (κ3) is 7.35. The van der Waals surface area contributed by atoms with Gasteiger partial charge in [-0.15, -0.1) is 24.0 Å². The molecule has 0 aliphatic carbocycles. The van der Waals surface area contributed by atoms with E-state index in [1.807, 2.05) is 11.0 Å². The molecule has 0 aromatic heterocycles. The van der Waals surface area contributed by atoms with Gasteiger partial charge in [0.15, 0.2) is 5.96 Å². The fourth-order valence-electron chi connectivity index (χ4n) is 2.73. The Morgan fingerprint density at radius 1 is 1.40 bits per heavy atom. The number of piperidine rings is 1. The molecule has 25 heavy (non-hydrogen) atoms. The number of aliphatic imine (C=N–C) groups is 1. The highest BCUT2D eigenvalue weighted by molar-refractivity contribution is 14.0. The number of rotatable bonds is 6. The number of aliphatic hydroxyl groups excluding tert-OH is 1. The first kappa shape index (κ1) is 22.0. The van der Waals surface area contributed by atoms with Crippen LogP contribution >= 0.6 is 24.0 Å². The molecule has 1 aromatic rings. The second kappa shape index (κ2) is 10.8. The molecule has 1 saturated heterocycles. The Hall–Kier alpha value is -1.09. The molecule has 142 valence electrons. The second-order valence-corrected chi connectivity index (χ2v) is 6.81. The van der Waals surface area contributed by atoms with E-state index in [0.717, 1.165) is 18.5 Å². The summed E-state index contributed by atoms with van der Waals surface area (Å²) in [6.07, 6.45) is 2.14. The zero-order chi connectivity index (χ0) is 17.5. The van der Waals surface area contributed by atoms with Crippen LogP contribution in [-0.2, 0) is 6.54 Å². The molecule has 0 atom stereocenters. The third-order valence-electron chi connectivity index (χ3n) is 4.28. The summed E-state index contributed by atoms with van der Waals surface area (Å²) < 4.78 is 14.3. The molecule has 0 unspecified atom stereocenters. The molecule has 1 aliphatic rings. The Bertz CT molecular complexity index is 560. The van der Waals surface area contributed by atoms with Crippen LogP contribution in [0.3, 0.4) is 0 Å². The highest BCUT2D eigenvalue weighted by Gasteiger charge is 2.19. The van der Waals surface area contributed by atoms with Crippen molar-refractivity contribution in [3.05, 3.63) is 29.6 Å². The predicted octanol–water partition coefficient (Wildman–Crippen LogP) is 2.86. The largest absolute Gasteiger partial charge is 0.393 e. The standard InChI is InChI=1S/C18H29FN4O.HI/c1-13(2)5-8-21-18(20)22-12-14-3-4-17(16(19)11-14)23-9-6-15(24)7-10-23;/h3-4,11,13,15,24H,5-10,12H2,1-2H3,(H3,20,21,22);1H. The van der Waals surface area contributed by atoms with Gasteiger partial charge >= 0.3 is 0 Å². The van der Waals surface area contributed by atoms with E-state index in [9.17, 15) is 9.50 Å². The number of hydrogen-bond donors (Lipinski definition) is 3. The maximum atomic E-state index is 14.3. The highest BCUT2D eigenvalue weighted by atomic mass is 127. The molecule has 0 saturated carbocycles. The zero-order valence-corrected chi connectivity index (χ0v) is 17.4. The number of nitrogens with zero attached hydrogens (tertiary/aromatic N) is 2. The Balaban J connectivity index is 0.00000312. The van der Waals surface area contributed by atoms with E-state index in [0.29, 0.717) is 50.0 Å². The van der Waals surface area contributed by atoms with Crippen molar-refractivity contribution in [2.75, 3.05) is 24.5 Å². The number of guanidine groups is 1. The molecule has 5 nitrogen and oxygen atoms in total. The minimum Gasteiger partial charge on any atom is -0.393 e. The van der Waals surface area contributed by atoms with Gasteiger partial charge in [0.05, 0.1) is 18.3 Å². The minimum atomic E-state index is -0.260. The molecule has 0 bridgehead atoms. The Morgan fingerprint density at radius 3 is 2.68 bits per heavy atom. The summed E-state index contributed by atoms with van der Waals surface area (Å²) in [5.41, 5.74) is 7.21. The molecule has 1 fully saturated rings. The average molecular weight is 464 g/mol. The van der Waals surface area contributed by atoms with Crippen molar-refractivity contribution < 1.29 is 9.50 Å². The van der Waals surface area contributed by atoms with Gasteiger partial charge in [-0.1, -0.05) is 19.9 Å². The van der Waals surface area contributed by atoms with Crippen LogP contribution in [0.4, 0.5) is 10.1 Å². The smallest absolute Gasteiger partial charge is 0.188 e. The Morgan fingerprint density at radius 2 is 2.08 bits per heavy atom.